The van der Waals surface area contributed by atoms with E-state index in [2.05, 4.69) is 23.5 Å². The van der Waals surface area contributed by atoms with Crippen molar-refractivity contribution >= 4 is 23.3 Å². The predicted molar refractivity (Wildman–Crippen MR) is 66.9 cm³/mol. The van der Waals surface area contributed by atoms with Crippen molar-refractivity contribution in [3.63, 3.8) is 0 Å². The highest BCUT2D eigenvalue weighted by Gasteiger charge is 2.06. The maximum atomic E-state index is 10.4. The molecule has 1 unspecified atom stereocenters. The first-order valence-corrected chi connectivity index (χ1v) is 6.36. The quantitative estimate of drug-likeness (QED) is 0.612. The fraction of sp³-hybridized carbons (Fsp3) is 0.500. The number of thioether (sulfide) groups is 1. The Hall–Kier alpha value is -1.30. The summed E-state index contributed by atoms with van der Waals surface area (Å²) < 4.78 is 0. The van der Waals surface area contributed by atoms with Crippen LogP contribution in [0.4, 0.5) is 11.5 Å². The highest BCUT2D eigenvalue weighted by Crippen LogP contribution is 2.12. The number of nitrogens with zero attached hydrogens (tertiary/aromatic N) is 2. The standard InChI is InChI=1S/C10H15N3O2S/c1-8(7-16-2)5-11-10-4-3-9(6-12-10)13(14)15/h3-4,6,8H,5,7H2,1-2H3,(H,11,12). The van der Waals surface area contributed by atoms with Crippen LogP contribution in [0, 0.1) is 16.0 Å². The topological polar surface area (TPSA) is 68.1 Å². The minimum Gasteiger partial charge on any atom is -0.370 e. The molecule has 0 saturated heterocycles. The molecular weight excluding hydrogens is 226 g/mol. The highest BCUT2D eigenvalue weighted by atomic mass is 32.2. The van der Waals surface area contributed by atoms with Gasteiger partial charge in [-0.05, 0) is 24.0 Å². The molecule has 0 saturated carbocycles. The van der Waals surface area contributed by atoms with Crippen molar-refractivity contribution in [2.24, 2.45) is 5.92 Å². The van der Waals surface area contributed by atoms with Gasteiger partial charge in [0, 0.05) is 12.6 Å². The summed E-state index contributed by atoms with van der Waals surface area (Å²) >= 11 is 1.80. The molecule has 0 aliphatic rings. The lowest BCUT2D eigenvalue weighted by molar-refractivity contribution is -0.385. The maximum Gasteiger partial charge on any atom is 0.287 e. The van der Waals surface area contributed by atoms with Gasteiger partial charge in [0.15, 0.2) is 0 Å². The summed E-state index contributed by atoms with van der Waals surface area (Å²) in [6.45, 7) is 2.97. The minimum absolute atomic E-state index is 0.0164. The number of anilines is 1. The summed E-state index contributed by atoms with van der Waals surface area (Å²) in [4.78, 5) is 13.9. The van der Waals surface area contributed by atoms with E-state index >= 15 is 0 Å². The number of nitro groups is 1. The summed E-state index contributed by atoms with van der Waals surface area (Å²) in [6, 6.07) is 3.08. The number of hydrogen-bond donors (Lipinski definition) is 1. The second-order valence-electron chi connectivity index (χ2n) is 3.60. The Morgan fingerprint density at radius 3 is 2.88 bits per heavy atom. The zero-order valence-corrected chi connectivity index (χ0v) is 10.2. The Bertz CT molecular complexity index is 342. The third-order valence-corrected chi connectivity index (χ3v) is 2.94. The van der Waals surface area contributed by atoms with E-state index < -0.39 is 4.92 Å². The monoisotopic (exact) mass is 241 g/mol. The molecule has 1 aromatic rings. The van der Waals surface area contributed by atoms with Crippen LogP contribution in [0.15, 0.2) is 18.3 Å². The summed E-state index contributed by atoms with van der Waals surface area (Å²) in [7, 11) is 0. The fourth-order valence-electron chi connectivity index (χ4n) is 1.22. The molecule has 0 bridgehead atoms. The molecule has 0 spiro atoms. The van der Waals surface area contributed by atoms with E-state index in [-0.39, 0.29) is 5.69 Å². The average molecular weight is 241 g/mol. The first-order valence-electron chi connectivity index (χ1n) is 4.96. The van der Waals surface area contributed by atoms with Gasteiger partial charge < -0.3 is 5.32 Å². The highest BCUT2D eigenvalue weighted by molar-refractivity contribution is 7.98. The summed E-state index contributed by atoms with van der Waals surface area (Å²) in [5.41, 5.74) is 0.0164. The Kier molecular flexibility index (Phi) is 5.04. The molecular formula is C10H15N3O2S. The van der Waals surface area contributed by atoms with Crippen LogP contribution in [0.3, 0.4) is 0 Å². The number of aromatic nitrogens is 1. The number of nitrogens with one attached hydrogen (secondary N) is 1. The van der Waals surface area contributed by atoms with Crippen LogP contribution in [0.5, 0.6) is 0 Å². The molecule has 1 aromatic heterocycles. The zero-order chi connectivity index (χ0) is 12.0. The van der Waals surface area contributed by atoms with Gasteiger partial charge in [0.2, 0.25) is 0 Å². The van der Waals surface area contributed by atoms with E-state index in [1.807, 2.05) is 0 Å². The first-order chi connectivity index (χ1) is 7.63. The van der Waals surface area contributed by atoms with Gasteiger partial charge >= 0.3 is 0 Å². The van der Waals surface area contributed by atoms with Crippen molar-refractivity contribution in [2.45, 2.75) is 6.92 Å². The third-order valence-electron chi connectivity index (χ3n) is 2.04. The molecule has 1 N–H and O–H groups in total. The molecule has 5 nitrogen and oxygen atoms in total. The van der Waals surface area contributed by atoms with Gasteiger partial charge in [-0.3, -0.25) is 10.1 Å². The minimum atomic E-state index is -0.451. The van der Waals surface area contributed by atoms with Gasteiger partial charge in [-0.1, -0.05) is 6.92 Å². The summed E-state index contributed by atoms with van der Waals surface area (Å²) in [5, 5.41) is 13.6. The summed E-state index contributed by atoms with van der Waals surface area (Å²) in [6.07, 6.45) is 3.34. The second-order valence-corrected chi connectivity index (χ2v) is 4.51. The molecule has 1 rings (SSSR count). The van der Waals surface area contributed by atoms with E-state index in [4.69, 9.17) is 0 Å². The van der Waals surface area contributed by atoms with Crippen LogP contribution in [0.2, 0.25) is 0 Å². The Morgan fingerprint density at radius 2 is 2.38 bits per heavy atom. The van der Waals surface area contributed by atoms with Gasteiger partial charge in [0.25, 0.3) is 5.69 Å². The maximum absolute atomic E-state index is 10.4. The van der Waals surface area contributed by atoms with Gasteiger partial charge in [0.1, 0.15) is 12.0 Å². The Labute approximate surface area is 98.8 Å². The van der Waals surface area contributed by atoms with Crippen LogP contribution in [-0.4, -0.2) is 28.5 Å². The van der Waals surface area contributed by atoms with Gasteiger partial charge in [0.05, 0.1) is 4.92 Å². The Morgan fingerprint density at radius 1 is 1.62 bits per heavy atom. The largest absolute Gasteiger partial charge is 0.370 e. The van der Waals surface area contributed by atoms with Crippen molar-refractivity contribution in [2.75, 3.05) is 23.9 Å². The van der Waals surface area contributed by atoms with E-state index in [9.17, 15) is 10.1 Å². The van der Waals surface area contributed by atoms with Crippen molar-refractivity contribution in [3.8, 4) is 0 Å². The van der Waals surface area contributed by atoms with Crippen molar-refractivity contribution in [3.05, 3.63) is 28.4 Å². The zero-order valence-electron chi connectivity index (χ0n) is 9.34. The van der Waals surface area contributed by atoms with Crippen LogP contribution >= 0.6 is 11.8 Å². The molecule has 0 aromatic carbocycles. The molecule has 0 aliphatic heterocycles. The lowest BCUT2D eigenvalue weighted by Gasteiger charge is -2.11. The SMILES string of the molecule is CSCC(C)CNc1ccc([N+](=O)[O-])cn1. The van der Waals surface area contributed by atoms with Crippen LogP contribution in [-0.2, 0) is 0 Å². The molecule has 0 radical (unpaired) electrons. The average Bonchev–Trinajstić information content (AvgIpc) is 2.27. The van der Waals surface area contributed by atoms with E-state index in [1.165, 1.54) is 12.3 Å². The van der Waals surface area contributed by atoms with Crippen molar-refractivity contribution in [1.29, 1.82) is 0 Å². The molecule has 6 heteroatoms. The lowest BCUT2D eigenvalue weighted by atomic mass is 10.2. The Balaban J connectivity index is 2.46. The van der Waals surface area contributed by atoms with Crippen molar-refractivity contribution < 1.29 is 4.92 Å². The van der Waals surface area contributed by atoms with Crippen LogP contribution in [0.25, 0.3) is 0 Å². The van der Waals surface area contributed by atoms with E-state index in [0.717, 1.165) is 12.3 Å². The number of hydrogen-bond acceptors (Lipinski definition) is 5. The lowest BCUT2D eigenvalue weighted by Crippen LogP contribution is -2.13. The predicted octanol–water partition coefficient (Wildman–Crippen LogP) is 2.40. The molecule has 0 amide bonds. The summed E-state index contributed by atoms with van der Waals surface area (Å²) in [5.74, 6) is 2.31. The van der Waals surface area contributed by atoms with Crippen LogP contribution in [0.1, 0.15) is 6.92 Å². The normalized spacial score (nSPS) is 12.1. The van der Waals surface area contributed by atoms with E-state index in [0.29, 0.717) is 11.7 Å². The first kappa shape index (κ1) is 12.8. The van der Waals surface area contributed by atoms with Gasteiger partial charge in [-0.2, -0.15) is 11.8 Å². The molecule has 0 aliphatic carbocycles. The van der Waals surface area contributed by atoms with E-state index in [1.54, 1.807) is 17.8 Å². The van der Waals surface area contributed by atoms with Gasteiger partial charge in [-0.25, -0.2) is 4.98 Å². The number of pyridine rings is 1. The molecule has 1 heterocycles. The molecule has 88 valence electrons. The van der Waals surface area contributed by atoms with Crippen molar-refractivity contribution in [1.82, 2.24) is 4.98 Å². The van der Waals surface area contributed by atoms with Crippen LogP contribution < -0.4 is 5.32 Å². The number of rotatable bonds is 6. The molecule has 16 heavy (non-hydrogen) atoms. The fourth-order valence-corrected chi connectivity index (χ4v) is 1.91. The molecule has 1 atom stereocenters. The smallest absolute Gasteiger partial charge is 0.287 e. The third kappa shape index (κ3) is 4.06. The second kappa shape index (κ2) is 6.32. The molecule has 0 fully saturated rings. The van der Waals surface area contributed by atoms with Gasteiger partial charge in [-0.15, -0.1) is 0 Å².